The molecule has 124 valence electrons. The average molecular weight is 325 g/mol. The molecular formula is C19H19NO4. The van der Waals surface area contributed by atoms with Crippen LogP contribution in [0.25, 0.3) is 0 Å². The Balaban J connectivity index is 1.60. The average Bonchev–Trinajstić information content (AvgIpc) is 3.39. The maximum absolute atomic E-state index is 13.1. The molecule has 6 rings (SSSR count). The SMILES string of the molecule is COc1ccc(OC)c(N2C(=O)[C@@H]3[C@@H]4C=C[C@@H]([C@H]5C[C@H]45)[C@@H]3C2=O)c1. The molecule has 24 heavy (non-hydrogen) atoms. The molecule has 5 heteroatoms. The van der Waals surface area contributed by atoms with E-state index in [2.05, 4.69) is 12.2 Å². The zero-order chi connectivity index (χ0) is 16.6. The minimum atomic E-state index is -0.202. The van der Waals surface area contributed by atoms with Crippen LogP contribution in [0.1, 0.15) is 6.42 Å². The van der Waals surface area contributed by atoms with Crippen molar-refractivity contribution in [3.05, 3.63) is 30.4 Å². The van der Waals surface area contributed by atoms with Gasteiger partial charge < -0.3 is 9.47 Å². The lowest BCUT2D eigenvalue weighted by atomic mass is 9.63. The summed E-state index contributed by atoms with van der Waals surface area (Å²) >= 11 is 0. The Morgan fingerprint density at radius 3 is 2.12 bits per heavy atom. The van der Waals surface area contributed by atoms with Crippen molar-refractivity contribution in [1.82, 2.24) is 0 Å². The summed E-state index contributed by atoms with van der Waals surface area (Å²) in [5.41, 5.74) is 0.495. The number of hydrogen-bond acceptors (Lipinski definition) is 4. The van der Waals surface area contributed by atoms with Crippen LogP contribution in [-0.4, -0.2) is 26.0 Å². The predicted octanol–water partition coefficient (Wildman–Crippen LogP) is 2.26. The van der Waals surface area contributed by atoms with E-state index in [-0.39, 0.29) is 35.5 Å². The molecule has 1 aliphatic heterocycles. The smallest absolute Gasteiger partial charge is 0.238 e. The van der Waals surface area contributed by atoms with Crippen LogP contribution >= 0.6 is 0 Å². The van der Waals surface area contributed by atoms with E-state index in [1.54, 1.807) is 32.4 Å². The van der Waals surface area contributed by atoms with Crippen molar-refractivity contribution in [2.45, 2.75) is 6.42 Å². The largest absolute Gasteiger partial charge is 0.497 e. The summed E-state index contributed by atoms with van der Waals surface area (Å²) in [6, 6.07) is 5.21. The summed E-state index contributed by atoms with van der Waals surface area (Å²) in [7, 11) is 3.11. The van der Waals surface area contributed by atoms with Crippen LogP contribution in [0.15, 0.2) is 30.4 Å². The van der Waals surface area contributed by atoms with E-state index in [1.165, 1.54) is 11.3 Å². The van der Waals surface area contributed by atoms with Crippen molar-refractivity contribution in [3.63, 3.8) is 0 Å². The Kier molecular flexibility index (Phi) is 2.71. The van der Waals surface area contributed by atoms with Crippen LogP contribution in [0.4, 0.5) is 5.69 Å². The third-order valence-electron chi connectivity index (χ3n) is 6.29. The molecule has 0 unspecified atom stereocenters. The van der Waals surface area contributed by atoms with Crippen LogP contribution in [0.2, 0.25) is 0 Å². The highest BCUT2D eigenvalue weighted by Gasteiger charge is 2.67. The minimum Gasteiger partial charge on any atom is -0.497 e. The van der Waals surface area contributed by atoms with Crippen molar-refractivity contribution in [1.29, 1.82) is 0 Å². The van der Waals surface area contributed by atoms with Gasteiger partial charge in [0.15, 0.2) is 0 Å². The van der Waals surface area contributed by atoms with Gasteiger partial charge in [0.05, 0.1) is 31.7 Å². The van der Waals surface area contributed by atoms with Gasteiger partial charge in [0.25, 0.3) is 0 Å². The lowest BCUT2D eigenvalue weighted by molar-refractivity contribution is -0.124. The van der Waals surface area contributed by atoms with Crippen molar-refractivity contribution in [2.75, 3.05) is 19.1 Å². The summed E-state index contributed by atoms with van der Waals surface area (Å²) in [4.78, 5) is 27.6. The van der Waals surface area contributed by atoms with Gasteiger partial charge in [-0.05, 0) is 42.2 Å². The normalized spacial score (nSPS) is 38.2. The van der Waals surface area contributed by atoms with E-state index in [0.717, 1.165) is 0 Å². The first-order chi connectivity index (χ1) is 11.7. The summed E-state index contributed by atoms with van der Waals surface area (Å²) in [6.45, 7) is 0. The standard InChI is InChI=1S/C19H19NO4/c1-23-9-3-6-15(24-2)14(7-9)20-18(21)16-10-4-5-11(13-8-12(10)13)17(16)19(20)22/h3-7,10-13,16-17H,8H2,1-2H3/t10-,11+,12-,13-,16-,17+/m1/s1. The van der Waals surface area contributed by atoms with Gasteiger partial charge in [0.2, 0.25) is 11.8 Å². The number of carbonyl (C=O) groups excluding carboxylic acids is 2. The topological polar surface area (TPSA) is 55.8 Å². The molecule has 1 aromatic carbocycles. The summed E-state index contributed by atoms with van der Waals surface area (Å²) in [5, 5.41) is 0. The highest BCUT2D eigenvalue weighted by atomic mass is 16.5. The number of methoxy groups -OCH3 is 2. The van der Waals surface area contributed by atoms with E-state index < -0.39 is 0 Å². The number of nitrogens with zero attached hydrogens (tertiary/aromatic N) is 1. The summed E-state index contributed by atoms with van der Waals surface area (Å²) in [5.74, 6) is 2.20. The number of imide groups is 1. The quantitative estimate of drug-likeness (QED) is 0.632. The second-order valence-electron chi connectivity index (χ2n) is 7.20. The molecule has 1 aromatic rings. The molecule has 0 aromatic heterocycles. The second kappa shape index (κ2) is 4.62. The lowest BCUT2D eigenvalue weighted by Gasteiger charge is -2.37. The third-order valence-corrected chi connectivity index (χ3v) is 6.29. The number of ether oxygens (including phenoxy) is 2. The fraction of sp³-hybridized carbons (Fsp3) is 0.474. The monoisotopic (exact) mass is 325 g/mol. The maximum Gasteiger partial charge on any atom is 0.238 e. The van der Waals surface area contributed by atoms with Gasteiger partial charge in [-0.1, -0.05) is 12.2 Å². The maximum atomic E-state index is 13.1. The fourth-order valence-corrected chi connectivity index (χ4v) is 5.17. The molecule has 0 spiro atoms. The Morgan fingerprint density at radius 2 is 1.58 bits per heavy atom. The number of benzene rings is 1. The first-order valence-corrected chi connectivity index (χ1v) is 8.44. The first-order valence-electron chi connectivity index (χ1n) is 8.44. The van der Waals surface area contributed by atoms with E-state index in [4.69, 9.17) is 9.47 Å². The van der Waals surface area contributed by atoms with E-state index in [0.29, 0.717) is 29.0 Å². The molecule has 0 N–H and O–H groups in total. The summed E-state index contributed by atoms with van der Waals surface area (Å²) in [6.07, 6.45) is 5.52. The molecule has 4 aliphatic carbocycles. The lowest BCUT2D eigenvalue weighted by Crippen LogP contribution is -2.40. The number of rotatable bonds is 3. The van der Waals surface area contributed by atoms with Crippen LogP contribution in [0, 0.1) is 35.5 Å². The first kappa shape index (κ1) is 14.1. The molecular weight excluding hydrogens is 306 g/mol. The van der Waals surface area contributed by atoms with E-state index in [9.17, 15) is 9.59 Å². The molecule has 2 saturated carbocycles. The third kappa shape index (κ3) is 1.60. The molecule has 1 heterocycles. The highest BCUT2D eigenvalue weighted by molar-refractivity contribution is 6.23. The minimum absolute atomic E-state index is 0.0822. The second-order valence-corrected chi connectivity index (χ2v) is 7.20. The van der Waals surface area contributed by atoms with Crippen molar-refractivity contribution in [3.8, 4) is 11.5 Å². The molecule has 2 bridgehead atoms. The zero-order valence-electron chi connectivity index (χ0n) is 13.6. The van der Waals surface area contributed by atoms with Crippen LogP contribution in [0.3, 0.4) is 0 Å². The van der Waals surface area contributed by atoms with Gasteiger partial charge in [-0.2, -0.15) is 0 Å². The Hall–Kier alpha value is -2.30. The number of carbonyl (C=O) groups is 2. The molecule has 5 aliphatic rings. The van der Waals surface area contributed by atoms with Crippen LogP contribution in [0.5, 0.6) is 11.5 Å². The molecule has 1 saturated heterocycles. The fourth-order valence-electron chi connectivity index (χ4n) is 5.17. The Bertz CT molecular complexity index is 750. The molecule has 2 amide bonds. The summed E-state index contributed by atoms with van der Waals surface area (Å²) < 4.78 is 10.7. The number of anilines is 1. The van der Waals surface area contributed by atoms with Gasteiger partial charge in [-0.25, -0.2) is 4.90 Å². The van der Waals surface area contributed by atoms with Gasteiger partial charge in [0, 0.05) is 6.07 Å². The van der Waals surface area contributed by atoms with Gasteiger partial charge in [0.1, 0.15) is 11.5 Å². The number of amides is 2. The Labute approximate surface area is 140 Å². The predicted molar refractivity (Wildman–Crippen MR) is 86.7 cm³/mol. The van der Waals surface area contributed by atoms with Gasteiger partial charge in [-0.3, -0.25) is 9.59 Å². The van der Waals surface area contributed by atoms with Crippen LogP contribution in [-0.2, 0) is 9.59 Å². The van der Waals surface area contributed by atoms with Gasteiger partial charge >= 0.3 is 0 Å². The highest BCUT2D eigenvalue weighted by Crippen LogP contribution is 2.65. The van der Waals surface area contributed by atoms with Crippen molar-refractivity contribution < 1.29 is 19.1 Å². The number of allylic oxidation sites excluding steroid dienone is 2. The van der Waals surface area contributed by atoms with Crippen LogP contribution < -0.4 is 14.4 Å². The van der Waals surface area contributed by atoms with Crippen molar-refractivity contribution >= 4 is 17.5 Å². The molecule has 3 fully saturated rings. The Morgan fingerprint density at radius 1 is 0.958 bits per heavy atom. The van der Waals surface area contributed by atoms with E-state index >= 15 is 0 Å². The number of hydrogen-bond donors (Lipinski definition) is 0. The zero-order valence-corrected chi connectivity index (χ0v) is 13.6. The molecule has 6 atom stereocenters. The molecule has 5 nitrogen and oxygen atoms in total. The van der Waals surface area contributed by atoms with Crippen molar-refractivity contribution in [2.24, 2.45) is 35.5 Å². The van der Waals surface area contributed by atoms with Gasteiger partial charge in [-0.15, -0.1) is 0 Å². The molecule has 0 radical (unpaired) electrons. The van der Waals surface area contributed by atoms with E-state index in [1.807, 2.05) is 0 Å².